The molecule has 0 saturated heterocycles. The van der Waals surface area contributed by atoms with E-state index in [4.69, 9.17) is 26.1 Å². The number of ether oxygens (including phenoxy) is 2. The van der Waals surface area contributed by atoms with Crippen LogP contribution in [-0.2, 0) is 17.8 Å². The van der Waals surface area contributed by atoms with Crippen molar-refractivity contribution >= 4 is 28.5 Å². The van der Waals surface area contributed by atoms with Gasteiger partial charge in [0.2, 0.25) is 0 Å². The van der Waals surface area contributed by atoms with Crippen LogP contribution in [0.5, 0.6) is 11.5 Å². The number of hydrogen-bond donors (Lipinski definition) is 1. The van der Waals surface area contributed by atoms with Crippen LogP contribution in [0.25, 0.3) is 11.0 Å². The van der Waals surface area contributed by atoms with Gasteiger partial charge >= 0.3 is 0 Å². The molecule has 0 aliphatic heterocycles. The predicted octanol–water partition coefficient (Wildman–Crippen LogP) is 5.51. The van der Waals surface area contributed by atoms with Gasteiger partial charge in [-0.15, -0.1) is 0 Å². The smallest absolute Gasteiger partial charge is 0.257 e. The van der Waals surface area contributed by atoms with E-state index in [0.717, 1.165) is 51.7 Å². The molecular formula is C28H30ClN3O3. The number of aromatic nitrogens is 2. The van der Waals surface area contributed by atoms with E-state index in [2.05, 4.69) is 16.0 Å². The Labute approximate surface area is 210 Å². The van der Waals surface area contributed by atoms with Crippen LogP contribution in [0.1, 0.15) is 23.4 Å². The van der Waals surface area contributed by atoms with Gasteiger partial charge in [0.25, 0.3) is 5.91 Å². The van der Waals surface area contributed by atoms with Crippen molar-refractivity contribution < 1.29 is 14.3 Å². The maximum Gasteiger partial charge on any atom is 0.257 e. The molecule has 35 heavy (non-hydrogen) atoms. The molecule has 0 atom stereocenters. The third kappa shape index (κ3) is 6.55. The molecule has 0 saturated carbocycles. The lowest BCUT2D eigenvalue weighted by Crippen LogP contribution is -2.31. The fourth-order valence-electron chi connectivity index (χ4n) is 4.00. The summed E-state index contributed by atoms with van der Waals surface area (Å²) in [7, 11) is 0. The van der Waals surface area contributed by atoms with E-state index in [9.17, 15) is 4.79 Å². The highest BCUT2D eigenvalue weighted by molar-refractivity contribution is 6.32. The normalized spacial score (nSPS) is 10.9. The molecule has 1 heterocycles. The molecule has 1 amide bonds. The molecule has 1 aromatic heterocycles. The highest BCUT2D eigenvalue weighted by atomic mass is 35.5. The Morgan fingerprint density at radius 3 is 2.46 bits per heavy atom. The Morgan fingerprint density at radius 1 is 0.971 bits per heavy atom. The third-order valence-electron chi connectivity index (χ3n) is 5.72. The molecule has 6 nitrogen and oxygen atoms in total. The van der Waals surface area contributed by atoms with Crippen molar-refractivity contribution in [2.24, 2.45) is 0 Å². The quantitative estimate of drug-likeness (QED) is 0.281. The summed E-state index contributed by atoms with van der Waals surface area (Å²) in [6.07, 6.45) is 1.45. The number of amides is 1. The van der Waals surface area contributed by atoms with Crippen molar-refractivity contribution in [3.05, 3.63) is 88.7 Å². The number of para-hydroxylation sites is 3. The molecule has 0 spiro atoms. The van der Waals surface area contributed by atoms with Crippen LogP contribution in [0.2, 0.25) is 5.02 Å². The third-order valence-corrected chi connectivity index (χ3v) is 6.32. The highest BCUT2D eigenvalue weighted by Gasteiger charge is 2.11. The first-order chi connectivity index (χ1) is 17.0. The van der Waals surface area contributed by atoms with Crippen LogP contribution < -0.4 is 14.8 Å². The molecule has 4 aromatic rings. The minimum Gasteiger partial charge on any atom is -0.494 e. The second-order valence-corrected chi connectivity index (χ2v) is 8.82. The van der Waals surface area contributed by atoms with Crippen molar-refractivity contribution in [2.75, 3.05) is 19.8 Å². The van der Waals surface area contributed by atoms with Gasteiger partial charge in [-0.1, -0.05) is 41.9 Å². The number of halogens is 1. The monoisotopic (exact) mass is 491 g/mol. The second-order valence-electron chi connectivity index (χ2n) is 8.44. The minimum atomic E-state index is -0.154. The number of carbonyl (C=O) groups excluding carboxylic acids is 1. The van der Waals surface area contributed by atoms with Gasteiger partial charge in [-0.2, -0.15) is 0 Å². The van der Waals surface area contributed by atoms with Crippen molar-refractivity contribution in [3.63, 3.8) is 0 Å². The van der Waals surface area contributed by atoms with Gasteiger partial charge in [-0.3, -0.25) is 4.79 Å². The van der Waals surface area contributed by atoms with Gasteiger partial charge in [-0.25, -0.2) is 4.98 Å². The molecule has 0 aliphatic rings. The average molecular weight is 492 g/mol. The summed E-state index contributed by atoms with van der Waals surface area (Å²) >= 11 is 6.26. The first-order valence-electron chi connectivity index (χ1n) is 11.8. The number of nitrogens with one attached hydrogen (secondary N) is 1. The summed E-state index contributed by atoms with van der Waals surface area (Å²) in [6, 6.07) is 21.3. The van der Waals surface area contributed by atoms with E-state index in [-0.39, 0.29) is 12.5 Å². The van der Waals surface area contributed by atoms with Gasteiger partial charge in [0.1, 0.15) is 17.3 Å². The zero-order valence-corrected chi connectivity index (χ0v) is 20.8. The highest BCUT2D eigenvalue weighted by Crippen LogP contribution is 2.26. The van der Waals surface area contributed by atoms with Crippen LogP contribution in [0, 0.1) is 13.8 Å². The van der Waals surface area contributed by atoms with E-state index in [1.165, 1.54) is 0 Å². The molecule has 7 heteroatoms. The first kappa shape index (κ1) is 24.6. The van der Waals surface area contributed by atoms with E-state index in [1.54, 1.807) is 0 Å². The number of carbonyl (C=O) groups is 1. The molecule has 3 aromatic carbocycles. The number of fused-ring (bicyclic) bond motifs is 1. The van der Waals surface area contributed by atoms with Crippen molar-refractivity contribution in [1.29, 1.82) is 0 Å². The van der Waals surface area contributed by atoms with Gasteiger partial charge < -0.3 is 19.4 Å². The number of benzene rings is 3. The molecule has 0 fully saturated rings. The Bertz CT molecular complexity index is 1260. The topological polar surface area (TPSA) is 65.4 Å². The molecular weight excluding hydrogens is 462 g/mol. The minimum absolute atomic E-state index is 0.0125. The molecule has 0 radical (unpaired) electrons. The Balaban J connectivity index is 1.31. The van der Waals surface area contributed by atoms with Gasteiger partial charge in [-0.05, 0) is 67.8 Å². The molecule has 0 aliphatic carbocycles. The van der Waals surface area contributed by atoms with Crippen LogP contribution in [0.15, 0.2) is 66.7 Å². The maximum atomic E-state index is 12.2. The van der Waals surface area contributed by atoms with Crippen molar-refractivity contribution in [1.82, 2.24) is 14.9 Å². The molecule has 4 rings (SSSR count). The summed E-state index contributed by atoms with van der Waals surface area (Å²) in [4.78, 5) is 17.0. The molecule has 0 bridgehead atoms. The summed E-state index contributed by atoms with van der Waals surface area (Å²) in [6.45, 7) is 5.80. The lowest BCUT2D eigenvalue weighted by molar-refractivity contribution is -0.123. The lowest BCUT2D eigenvalue weighted by Gasteiger charge is -2.12. The van der Waals surface area contributed by atoms with E-state index in [0.29, 0.717) is 25.3 Å². The summed E-state index contributed by atoms with van der Waals surface area (Å²) in [5.41, 5.74) is 4.06. The average Bonchev–Trinajstić information content (AvgIpc) is 3.21. The summed E-state index contributed by atoms with van der Waals surface area (Å²) < 4.78 is 13.7. The van der Waals surface area contributed by atoms with E-state index in [1.807, 2.05) is 74.5 Å². The summed E-state index contributed by atoms with van der Waals surface area (Å²) in [5, 5.41) is 3.71. The number of aryl methyl sites for hydroxylation is 3. The van der Waals surface area contributed by atoms with E-state index >= 15 is 0 Å². The zero-order valence-electron chi connectivity index (χ0n) is 20.1. The van der Waals surface area contributed by atoms with Gasteiger partial charge in [0, 0.05) is 24.5 Å². The Morgan fingerprint density at radius 2 is 1.69 bits per heavy atom. The number of rotatable bonds is 11. The van der Waals surface area contributed by atoms with Crippen LogP contribution >= 0.6 is 11.6 Å². The predicted molar refractivity (Wildman–Crippen MR) is 139 cm³/mol. The number of nitrogens with zero attached hydrogens (tertiary/aromatic N) is 2. The second kappa shape index (κ2) is 11.8. The van der Waals surface area contributed by atoms with E-state index < -0.39 is 0 Å². The molecule has 182 valence electrons. The van der Waals surface area contributed by atoms with Crippen LogP contribution in [0.3, 0.4) is 0 Å². The standard InChI is InChI=1S/C28H30ClN3O3/c1-20-17-23(18-21(2)28(20)29)34-16-8-15-32-25-12-7-6-11-24(25)31-26(32)13-14-30-27(33)19-35-22-9-4-3-5-10-22/h3-7,9-12,17-18H,8,13-16,19H2,1-2H3,(H,30,33). The van der Waals surface area contributed by atoms with Gasteiger partial charge in [0.15, 0.2) is 6.61 Å². The SMILES string of the molecule is Cc1cc(OCCCn2c(CCNC(=O)COc3ccccc3)nc3ccccc32)cc(C)c1Cl. The Hall–Kier alpha value is -3.51. The number of imidazole rings is 1. The molecule has 1 N–H and O–H groups in total. The fraction of sp³-hybridized carbons (Fsp3) is 0.286. The van der Waals surface area contributed by atoms with Gasteiger partial charge in [0.05, 0.1) is 17.6 Å². The van der Waals surface area contributed by atoms with Crippen molar-refractivity contribution in [2.45, 2.75) is 33.2 Å². The maximum absolute atomic E-state index is 12.2. The van der Waals surface area contributed by atoms with Crippen LogP contribution in [0.4, 0.5) is 0 Å². The van der Waals surface area contributed by atoms with Crippen molar-refractivity contribution in [3.8, 4) is 11.5 Å². The fourth-order valence-corrected chi connectivity index (χ4v) is 4.11. The largest absolute Gasteiger partial charge is 0.494 e. The number of hydrogen-bond acceptors (Lipinski definition) is 4. The lowest BCUT2D eigenvalue weighted by atomic mass is 10.1. The first-order valence-corrected chi connectivity index (χ1v) is 12.2. The molecule has 0 unspecified atom stereocenters. The van der Waals surface area contributed by atoms with Crippen LogP contribution in [-0.4, -0.2) is 35.2 Å². The zero-order chi connectivity index (χ0) is 24.6. The summed E-state index contributed by atoms with van der Waals surface area (Å²) in [5.74, 6) is 2.29. The Kier molecular flexibility index (Phi) is 8.27.